The van der Waals surface area contributed by atoms with Gasteiger partial charge in [-0.25, -0.2) is 4.98 Å². The lowest BCUT2D eigenvalue weighted by Gasteiger charge is -2.35. The number of carbonyl (C=O) groups excluding carboxylic acids is 3. The number of nitrogens with zero attached hydrogens (tertiary/aromatic N) is 2. The van der Waals surface area contributed by atoms with Crippen LogP contribution < -0.4 is 10.6 Å². The molecule has 1 aliphatic heterocycles. The normalized spacial score (nSPS) is 17.9. The summed E-state index contributed by atoms with van der Waals surface area (Å²) in [5.74, 6) is -1.26. The number of rotatable bonds is 18. The van der Waals surface area contributed by atoms with Crippen LogP contribution in [0.1, 0.15) is 51.4 Å². The molecule has 12 nitrogen and oxygen atoms in total. The minimum Gasteiger partial charge on any atom is -0.391 e. The van der Waals surface area contributed by atoms with Crippen LogP contribution >= 0.6 is 11.3 Å². The zero-order valence-corrected chi connectivity index (χ0v) is 28.4. The summed E-state index contributed by atoms with van der Waals surface area (Å²) in [6.45, 7) is 15.3. The van der Waals surface area contributed by atoms with E-state index in [2.05, 4.69) is 22.5 Å². The van der Waals surface area contributed by atoms with Crippen molar-refractivity contribution in [1.82, 2.24) is 20.5 Å². The van der Waals surface area contributed by atoms with Gasteiger partial charge in [0.05, 0.1) is 67.9 Å². The van der Waals surface area contributed by atoms with Crippen LogP contribution in [0.4, 0.5) is 0 Å². The molecule has 2 aromatic rings. The SMILES string of the molecule is [CH2]COCCOCCOCCOCC(=O)N[C@H](C(=O)N1C[C@H](O)C[C@H]1C(=O)N[C@@H](C)c1ccc(-c2scnc2C)cc1)C(C)(C)C. The minimum absolute atomic E-state index is 0.00294. The van der Waals surface area contributed by atoms with Crippen molar-refractivity contribution in [3.63, 3.8) is 0 Å². The Morgan fingerprint density at radius 2 is 1.63 bits per heavy atom. The summed E-state index contributed by atoms with van der Waals surface area (Å²) in [6, 6.07) is 5.78. The van der Waals surface area contributed by atoms with Crippen LogP contribution in [-0.4, -0.2) is 110 Å². The van der Waals surface area contributed by atoms with Crippen LogP contribution in [0.15, 0.2) is 29.8 Å². The number of amides is 3. The molecule has 255 valence electrons. The molecule has 1 saturated heterocycles. The number of nitrogens with one attached hydrogen (secondary N) is 2. The van der Waals surface area contributed by atoms with Gasteiger partial charge in [-0.2, -0.15) is 0 Å². The Hall–Kier alpha value is -2.94. The molecule has 3 N–H and O–H groups in total. The number of aryl methyl sites for hydroxylation is 1. The summed E-state index contributed by atoms with van der Waals surface area (Å²) in [5.41, 5.74) is 4.07. The molecule has 1 radical (unpaired) electrons. The quantitative estimate of drug-likeness (QED) is 0.205. The van der Waals surface area contributed by atoms with Gasteiger partial charge < -0.3 is 39.6 Å². The van der Waals surface area contributed by atoms with Crippen molar-refractivity contribution in [3.05, 3.63) is 48.0 Å². The second kappa shape index (κ2) is 18.4. The Morgan fingerprint density at radius 1 is 1.02 bits per heavy atom. The Balaban J connectivity index is 1.51. The lowest BCUT2D eigenvalue weighted by Crippen LogP contribution is -2.58. The van der Waals surface area contributed by atoms with Gasteiger partial charge in [0.2, 0.25) is 17.7 Å². The minimum atomic E-state index is -0.940. The first-order chi connectivity index (χ1) is 21.9. The maximum atomic E-state index is 13.8. The van der Waals surface area contributed by atoms with Crippen LogP contribution in [0.2, 0.25) is 0 Å². The smallest absolute Gasteiger partial charge is 0.246 e. The number of benzene rings is 1. The molecule has 1 aromatic carbocycles. The summed E-state index contributed by atoms with van der Waals surface area (Å²) < 4.78 is 21.3. The first kappa shape index (κ1) is 37.5. The van der Waals surface area contributed by atoms with Crippen LogP contribution in [0.5, 0.6) is 0 Å². The van der Waals surface area contributed by atoms with E-state index in [1.807, 2.05) is 64.4 Å². The second-order valence-corrected chi connectivity index (χ2v) is 13.1. The lowest BCUT2D eigenvalue weighted by molar-refractivity contribution is -0.144. The third-order valence-corrected chi connectivity index (χ3v) is 8.53. The molecule has 1 aliphatic rings. The Bertz CT molecular complexity index is 1250. The number of likely N-dealkylation sites (tertiary alicyclic amines) is 1. The second-order valence-electron chi connectivity index (χ2n) is 12.3. The Morgan fingerprint density at radius 3 is 2.20 bits per heavy atom. The van der Waals surface area contributed by atoms with Crippen molar-refractivity contribution in [3.8, 4) is 10.4 Å². The molecule has 0 bridgehead atoms. The molecule has 3 amide bonds. The van der Waals surface area contributed by atoms with Gasteiger partial charge in [0.15, 0.2) is 0 Å². The summed E-state index contributed by atoms with van der Waals surface area (Å²) >= 11 is 1.58. The van der Waals surface area contributed by atoms with E-state index in [0.717, 1.165) is 21.7 Å². The maximum absolute atomic E-state index is 13.8. The molecule has 1 aromatic heterocycles. The van der Waals surface area contributed by atoms with Gasteiger partial charge in [0.1, 0.15) is 18.7 Å². The topological polar surface area (TPSA) is 149 Å². The summed E-state index contributed by atoms with van der Waals surface area (Å²) in [6.07, 6.45) is -0.749. The zero-order valence-electron chi connectivity index (χ0n) is 27.6. The third-order valence-electron chi connectivity index (χ3n) is 7.55. The highest BCUT2D eigenvalue weighted by molar-refractivity contribution is 7.13. The zero-order chi connectivity index (χ0) is 33.7. The lowest BCUT2D eigenvalue weighted by atomic mass is 9.85. The van der Waals surface area contributed by atoms with Gasteiger partial charge in [-0.05, 0) is 37.3 Å². The largest absolute Gasteiger partial charge is 0.391 e. The molecule has 4 atom stereocenters. The van der Waals surface area contributed by atoms with E-state index >= 15 is 0 Å². The van der Waals surface area contributed by atoms with E-state index < -0.39 is 35.4 Å². The van der Waals surface area contributed by atoms with Crippen molar-refractivity contribution in [1.29, 1.82) is 0 Å². The molecule has 13 heteroatoms. The van der Waals surface area contributed by atoms with Gasteiger partial charge in [-0.15, -0.1) is 11.3 Å². The Labute approximate surface area is 276 Å². The van der Waals surface area contributed by atoms with Crippen molar-refractivity contribution in [2.45, 2.75) is 65.3 Å². The molecular weight excluding hydrogens is 612 g/mol. The van der Waals surface area contributed by atoms with Crippen LogP contribution in [0.25, 0.3) is 10.4 Å². The predicted octanol–water partition coefficient (Wildman–Crippen LogP) is 2.69. The van der Waals surface area contributed by atoms with Crippen molar-refractivity contribution in [2.75, 3.05) is 59.4 Å². The molecule has 0 saturated carbocycles. The fourth-order valence-electron chi connectivity index (χ4n) is 5.04. The number of β-amino-alcohol motifs (C(OH)–C–C–N with tert-alkyl or cyclic N) is 1. The first-order valence-corrected chi connectivity index (χ1v) is 16.5. The van der Waals surface area contributed by atoms with Gasteiger partial charge >= 0.3 is 0 Å². The number of hydrogen-bond donors (Lipinski definition) is 3. The number of ether oxygens (including phenoxy) is 4. The molecule has 0 aliphatic carbocycles. The predicted molar refractivity (Wildman–Crippen MR) is 175 cm³/mol. The number of aromatic nitrogens is 1. The molecule has 46 heavy (non-hydrogen) atoms. The molecular formula is C33H49N4O8S. The average Bonchev–Trinajstić information content (AvgIpc) is 3.63. The van der Waals surface area contributed by atoms with Crippen molar-refractivity contribution in [2.24, 2.45) is 5.41 Å². The van der Waals surface area contributed by atoms with Crippen LogP contribution in [0, 0.1) is 19.3 Å². The fraction of sp³-hybridized carbons (Fsp3) is 0.606. The van der Waals surface area contributed by atoms with E-state index in [-0.39, 0.29) is 44.7 Å². The highest BCUT2D eigenvalue weighted by atomic mass is 32.1. The Kier molecular flexibility index (Phi) is 15.0. The van der Waals surface area contributed by atoms with Crippen LogP contribution in [0.3, 0.4) is 0 Å². The summed E-state index contributed by atoms with van der Waals surface area (Å²) in [7, 11) is 0. The number of carbonyl (C=O) groups is 3. The van der Waals surface area contributed by atoms with Crippen molar-refractivity contribution >= 4 is 29.1 Å². The summed E-state index contributed by atoms with van der Waals surface area (Å²) in [5, 5.41) is 16.3. The molecule has 2 heterocycles. The van der Waals surface area contributed by atoms with E-state index in [4.69, 9.17) is 18.9 Å². The number of aliphatic hydroxyl groups excluding tert-OH is 1. The van der Waals surface area contributed by atoms with E-state index in [9.17, 15) is 19.5 Å². The highest BCUT2D eigenvalue weighted by Crippen LogP contribution is 2.29. The molecule has 3 rings (SSSR count). The van der Waals surface area contributed by atoms with E-state index in [0.29, 0.717) is 33.0 Å². The monoisotopic (exact) mass is 661 g/mol. The highest BCUT2D eigenvalue weighted by Gasteiger charge is 2.44. The molecule has 0 unspecified atom stereocenters. The van der Waals surface area contributed by atoms with Crippen LogP contribution in [-0.2, 0) is 33.3 Å². The maximum Gasteiger partial charge on any atom is 0.246 e. The van der Waals surface area contributed by atoms with Gasteiger partial charge in [-0.1, -0.05) is 45.0 Å². The average molecular weight is 662 g/mol. The fourth-order valence-corrected chi connectivity index (χ4v) is 5.85. The third kappa shape index (κ3) is 11.4. The van der Waals surface area contributed by atoms with Crippen molar-refractivity contribution < 1.29 is 38.4 Å². The van der Waals surface area contributed by atoms with E-state index in [1.165, 1.54) is 4.90 Å². The number of thiazole rings is 1. The summed E-state index contributed by atoms with van der Waals surface area (Å²) in [4.78, 5) is 46.8. The molecule has 1 fully saturated rings. The standard InChI is InChI=1S/C33H49N4O8S/c1-7-42-12-13-43-14-15-44-16-17-45-20-28(39)36-30(33(4,5)6)32(41)37-19-26(38)18-27(37)31(40)35-22(2)24-8-10-25(11-9-24)29-23(3)34-21-46-29/h8-11,21-22,26-27,30,38H,1,7,12-20H2,2-6H3,(H,35,40)(H,36,39)/t22-,26+,27-,30+/m0/s1. The van der Waals surface area contributed by atoms with E-state index in [1.54, 1.807) is 11.3 Å². The van der Waals surface area contributed by atoms with Gasteiger partial charge in [0.25, 0.3) is 0 Å². The first-order valence-electron chi connectivity index (χ1n) is 15.6. The number of aliphatic hydroxyl groups is 1. The molecule has 0 spiro atoms. The number of hydrogen-bond acceptors (Lipinski definition) is 10. The van der Waals surface area contributed by atoms with Gasteiger partial charge in [-0.3, -0.25) is 14.4 Å². The van der Waals surface area contributed by atoms with Gasteiger partial charge in [0, 0.05) is 19.6 Å².